The van der Waals surface area contributed by atoms with Crippen molar-refractivity contribution < 1.29 is 16.1 Å². The van der Waals surface area contributed by atoms with Crippen molar-refractivity contribution in [2.75, 3.05) is 0 Å². The number of nitrogens with zero attached hydrogens (tertiary/aromatic N) is 3. The molecule has 0 fully saturated rings. The lowest BCUT2D eigenvalue weighted by molar-refractivity contribution is 0.477. The van der Waals surface area contributed by atoms with Crippen LogP contribution >= 0.6 is 0 Å². The molecule has 0 aliphatic carbocycles. The van der Waals surface area contributed by atoms with Crippen LogP contribution in [0.4, 0.5) is 0 Å². The first-order chi connectivity index (χ1) is 28.0. The molecule has 8 aromatic rings. The number of benzene rings is 6. The number of phenols is 1. The molecule has 248 valence electrons. The van der Waals surface area contributed by atoms with E-state index in [1.165, 1.54) is 0 Å². The van der Waals surface area contributed by atoms with Gasteiger partial charge in [0.05, 0.1) is 29.1 Å². The molecule has 0 radical (unpaired) electrons. The third-order valence-corrected chi connectivity index (χ3v) is 9.13. The predicted octanol–water partition coefficient (Wildman–Crippen LogP) is 12.1. The Balaban J connectivity index is 1.36. The van der Waals surface area contributed by atoms with E-state index in [0.29, 0.717) is 44.9 Å². The third-order valence-electron chi connectivity index (χ3n) is 9.13. The minimum atomic E-state index is -2.44. The summed E-state index contributed by atoms with van der Waals surface area (Å²) >= 11 is 0. The SMILES string of the molecule is [2H]c1c([2H])c([2H])c(-c2ccnc(-c3cc(-c4cccc5c4nc(-c4ccccc4O)n5-c4ccc(-c5ccccc5)c(C([2H])([2H])[2H])c4)cc(C(C)(C)C)c3)c2)c([2H])c1[2H]. The van der Waals surface area contributed by atoms with Gasteiger partial charge in [-0.2, -0.15) is 0 Å². The Morgan fingerprint density at radius 2 is 1.41 bits per heavy atom. The number of fused-ring (bicyclic) bond motifs is 1. The van der Waals surface area contributed by atoms with E-state index in [9.17, 15) is 5.11 Å². The number of phenolic OH excluding ortho intramolecular Hbond substituents is 1. The molecule has 0 saturated carbocycles. The lowest BCUT2D eigenvalue weighted by Crippen LogP contribution is -2.11. The summed E-state index contributed by atoms with van der Waals surface area (Å²) in [6, 6.07) is 35.2. The molecular weight excluding hydrogens is 623 g/mol. The third kappa shape index (κ3) is 6.10. The van der Waals surface area contributed by atoms with Gasteiger partial charge in [0.15, 0.2) is 0 Å². The van der Waals surface area contributed by atoms with Crippen molar-refractivity contribution >= 4 is 11.0 Å². The highest BCUT2D eigenvalue weighted by molar-refractivity contribution is 5.97. The van der Waals surface area contributed by atoms with Gasteiger partial charge in [0.25, 0.3) is 0 Å². The first-order valence-electron chi connectivity index (χ1n) is 20.7. The molecule has 0 saturated heterocycles. The largest absolute Gasteiger partial charge is 0.507 e. The second-order valence-electron chi connectivity index (χ2n) is 13.5. The summed E-state index contributed by atoms with van der Waals surface area (Å²) in [5.74, 6) is 0.444. The Hall–Kier alpha value is -6.26. The molecule has 8 rings (SSSR count). The number of aromatic hydroxyl groups is 1. The zero-order valence-electron chi connectivity index (χ0n) is 36.4. The normalized spacial score (nSPS) is 14.1. The highest BCUT2D eigenvalue weighted by atomic mass is 16.3. The van der Waals surface area contributed by atoms with Gasteiger partial charge in [0.1, 0.15) is 11.6 Å². The minimum absolute atomic E-state index is 0.0182. The van der Waals surface area contributed by atoms with Gasteiger partial charge in [-0.15, -0.1) is 0 Å². The average molecular weight is 670 g/mol. The quantitative estimate of drug-likeness (QED) is 0.192. The number of aryl methyl sites for hydroxylation is 1. The zero-order valence-corrected chi connectivity index (χ0v) is 28.4. The Morgan fingerprint density at radius 3 is 2.20 bits per heavy atom. The molecule has 1 N–H and O–H groups in total. The standard InChI is InChI=1S/C47H39N3O/c1-31-26-38(22-23-39(31)33-16-9-6-10-17-33)50-43-20-13-19-40(45(43)49-46(50)41-18-11-12-21-44(41)51)35-27-36(29-37(28-35)47(2,3)4)42-30-34(24-25-48-42)32-14-7-5-8-15-32/h5-30,51H,1-4H3/i1D3,5D,7D,8D,14D,15D. The van der Waals surface area contributed by atoms with Gasteiger partial charge < -0.3 is 5.11 Å². The van der Waals surface area contributed by atoms with E-state index in [0.717, 1.165) is 27.8 Å². The number of hydrogen-bond donors (Lipinski definition) is 1. The predicted molar refractivity (Wildman–Crippen MR) is 211 cm³/mol. The topological polar surface area (TPSA) is 50.9 Å². The monoisotopic (exact) mass is 669 g/mol. The van der Waals surface area contributed by atoms with Gasteiger partial charge in [-0.3, -0.25) is 9.55 Å². The highest BCUT2D eigenvalue weighted by Crippen LogP contribution is 2.40. The van der Waals surface area contributed by atoms with Crippen molar-refractivity contribution in [3.63, 3.8) is 0 Å². The van der Waals surface area contributed by atoms with Crippen molar-refractivity contribution in [1.29, 1.82) is 0 Å². The van der Waals surface area contributed by atoms with Gasteiger partial charge >= 0.3 is 0 Å². The van der Waals surface area contributed by atoms with Gasteiger partial charge in [-0.1, -0.05) is 118 Å². The number of hydrogen-bond acceptors (Lipinski definition) is 3. The fourth-order valence-corrected chi connectivity index (χ4v) is 6.48. The van der Waals surface area contributed by atoms with E-state index >= 15 is 0 Å². The van der Waals surface area contributed by atoms with Crippen molar-refractivity contribution in [1.82, 2.24) is 14.5 Å². The highest BCUT2D eigenvalue weighted by Gasteiger charge is 2.22. The number of imidazole rings is 1. The molecule has 0 atom stereocenters. The van der Waals surface area contributed by atoms with E-state index in [1.54, 1.807) is 42.6 Å². The summed E-state index contributed by atoms with van der Waals surface area (Å²) in [7, 11) is 0. The molecule has 0 bridgehead atoms. The van der Waals surface area contributed by atoms with Gasteiger partial charge in [-0.05, 0) is 106 Å². The van der Waals surface area contributed by atoms with E-state index in [1.807, 2.05) is 83.4 Å². The van der Waals surface area contributed by atoms with Crippen LogP contribution in [0.5, 0.6) is 5.75 Å². The smallest absolute Gasteiger partial charge is 0.149 e. The molecule has 4 heteroatoms. The molecular formula is C47H39N3O. The zero-order chi connectivity index (χ0) is 42.0. The van der Waals surface area contributed by atoms with Crippen LogP contribution in [0.25, 0.3) is 72.7 Å². The van der Waals surface area contributed by atoms with Crippen LogP contribution in [-0.4, -0.2) is 19.6 Å². The molecule has 0 aliphatic heterocycles. The molecule has 51 heavy (non-hydrogen) atoms. The summed E-state index contributed by atoms with van der Waals surface area (Å²) in [5.41, 5.74) is 8.02. The lowest BCUT2D eigenvalue weighted by atomic mass is 9.83. The summed E-state index contributed by atoms with van der Waals surface area (Å²) in [4.78, 5) is 9.91. The summed E-state index contributed by atoms with van der Waals surface area (Å²) in [6.07, 6.45) is 1.58. The molecule has 0 unspecified atom stereocenters. The van der Waals surface area contributed by atoms with Crippen LogP contribution in [0.2, 0.25) is 0 Å². The molecule has 0 spiro atoms. The second-order valence-corrected chi connectivity index (χ2v) is 13.5. The number of rotatable bonds is 6. The number of pyridine rings is 1. The Labute approximate surface area is 310 Å². The fraction of sp³-hybridized carbons (Fsp3) is 0.106. The van der Waals surface area contributed by atoms with Crippen LogP contribution in [0.15, 0.2) is 158 Å². The first-order valence-corrected chi connectivity index (χ1v) is 16.7. The molecule has 6 aromatic carbocycles. The maximum absolute atomic E-state index is 11.2. The molecule has 0 amide bonds. The average Bonchev–Trinajstić information content (AvgIpc) is 3.61. The first kappa shape index (κ1) is 24.0. The minimum Gasteiger partial charge on any atom is -0.507 e. The van der Waals surface area contributed by atoms with Crippen molar-refractivity contribution in [3.05, 3.63) is 169 Å². The Morgan fingerprint density at radius 1 is 0.647 bits per heavy atom. The van der Waals surface area contributed by atoms with Crippen molar-refractivity contribution in [2.24, 2.45) is 0 Å². The van der Waals surface area contributed by atoms with Gasteiger partial charge in [-0.25, -0.2) is 4.98 Å². The Kier molecular flexibility index (Phi) is 6.06. The second kappa shape index (κ2) is 12.9. The van der Waals surface area contributed by atoms with E-state index in [2.05, 4.69) is 26.8 Å². The summed E-state index contributed by atoms with van der Waals surface area (Å²) < 4.78 is 69.2. The number of aromatic nitrogens is 3. The molecule has 0 aliphatic rings. The van der Waals surface area contributed by atoms with Crippen molar-refractivity contribution in [2.45, 2.75) is 33.0 Å². The maximum Gasteiger partial charge on any atom is 0.149 e. The fourth-order valence-electron chi connectivity index (χ4n) is 6.48. The van der Waals surface area contributed by atoms with Gasteiger partial charge in [0, 0.05) is 27.1 Å². The molecule has 2 aromatic heterocycles. The van der Waals surface area contributed by atoms with E-state index < -0.39 is 25.0 Å². The van der Waals surface area contributed by atoms with Crippen LogP contribution in [0.1, 0.15) is 42.9 Å². The van der Waals surface area contributed by atoms with E-state index in [4.69, 9.17) is 20.9 Å². The van der Waals surface area contributed by atoms with Crippen LogP contribution < -0.4 is 0 Å². The maximum atomic E-state index is 11.2. The number of para-hydroxylation sites is 2. The summed E-state index contributed by atoms with van der Waals surface area (Å²) in [6.45, 7) is 3.90. The van der Waals surface area contributed by atoms with Gasteiger partial charge in [0.2, 0.25) is 0 Å². The van der Waals surface area contributed by atoms with Crippen LogP contribution in [0, 0.1) is 6.85 Å². The Bertz CT molecular complexity index is 2900. The lowest BCUT2D eigenvalue weighted by Gasteiger charge is -2.22. The van der Waals surface area contributed by atoms with E-state index in [-0.39, 0.29) is 34.4 Å². The molecule has 2 heterocycles. The van der Waals surface area contributed by atoms with Crippen LogP contribution in [-0.2, 0) is 5.41 Å². The van der Waals surface area contributed by atoms with Crippen molar-refractivity contribution in [3.8, 4) is 67.5 Å². The molecule has 4 nitrogen and oxygen atoms in total. The van der Waals surface area contributed by atoms with Crippen LogP contribution in [0.3, 0.4) is 0 Å². The summed E-state index contributed by atoms with van der Waals surface area (Å²) in [5, 5.41) is 11.2.